The van der Waals surface area contributed by atoms with Gasteiger partial charge in [-0.15, -0.1) is 0 Å². The third-order valence-corrected chi connectivity index (χ3v) is 5.05. The number of nitrogens with zero attached hydrogens (tertiary/aromatic N) is 2. The first-order valence-corrected chi connectivity index (χ1v) is 10.6. The number of amides is 2. The second-order valence-corrected chi connectivity index (χ2v) is 7.59. The number of rotatable bonds is 7. The molecule has 1 aromatic heterocycles. The smallest absolute Gasteiger partial charge is 0.264 e. The zero-order valence-electron chi connectivity index (χ0n) is 18.1. The summed E-state index contributed by atoms with van der Waals surface area (Å²) in [7, 11) is 0. The molecule has 0 bridgehead atoms. The molecule has 0 saturated carbocycles. The molecule has 0 saturated heterocycles. The van der Waals surface area contributed by atoms with Gasteiger partial charge in [0.25, 0.3) is 5.91 Å². The molecule has 1 aliphatic rings. The molecule has 0 radical (unpaired) electrons. The molecule has 3 aromatic rings. The monoisotopic (exact) mass is 431 g/mol. The number of fused-ring (bicyclic) bond motifs is 2. The highest BCUT2D eigenvalue weighted by molar-refractivity contribution is 6.11. The summed E-state index contributed by atoms with van der Waals surface area (Å²) in [5, 5.41) is 2.89. The molecule has 1 N–H and O–H groups in total. The number of aryl methyl sites for hydroxylation is 1. The Kier molecular flexibility index (Phi) is 6.35. The first kappa shape index (κ1) is 21.4. The Labute approximate surface area is 187 Å². The van der Waals surface area contributed by atoms with Crippen molar-refractivity contribution in [3.8, 4) is 17.4 Å². The van der Waals surface area contributed by atoms with Crippen LogP contribution in [-0.4, -0.2) is 29.9 Å². The minimum absolute atomic E-state index is 0.134. The van der Waals surface area contributed by atoms with Crippen LogP contribution in [0.1, 0.15) is 34.8 Å². The fraction of sp³-hybridized carbons (Fsp3) is 0.240. The summed E-state index contributed by atoms with van der Waals surface area (Å²) in [5.41, 5.74) is 2.76. The van der Waals surface area contributed by atoms with E-state index in [2.05, 4.69) is 17.2 Å². The van der Waals surface area contributed by atoms with Crippen LogP contribution in [0.3, 0.4) is 0 Å². The predicted octanol–water partition coefficient (Wildman–Crippen LogP) is 4.25. The second-order valence-electron chi connectivity index (χ2n) is 7.59. The van der Waals surface area contributed by atoms with E-state index in [0.29, 0.717) is 30.2 Å². The maximum absolute atomic E-state index is 13.3. The van der Waals surface area contributed by atoms with Gasteiger partial charge in [0.1, 0.15) is 17.9 Å². The Morgan fingerprint density at radius 2 is 1.97 bits per heavy atom. The fourth-order valence-corrected chi connectivity index (χ4v) is 3.40. The minimum Gasteiger partial charge on any atom is -0.494 e. The quantitative estimate of drug-likeness (QED) is 0.605. The van der Waals surface area contributed by atoms with Crippen LogP contribution in [-0.2, 0) is 11.3 Å². The van der Waals surface area contributed by atoms with Crippen molar-refractivity contribution in [2.24, 2.45) is 0 Å². The number of pyridine rings is 1. The molecule has 0 atom stereocenters. The maximum atomic E-state index is 13.3. The van der Waals surface area contributed by atoms with Gasteiger partial charge in [0.05, 0.1) is 12.3 Å². The molecule has 7 nitrogen and oxygen atoms in total. The molecular formula is C25H25N3O4. The molecule has 0 aliphatic carbocycles. The minimum atomic E-state index is -0.329. The van der Waals surface area contributed by atoms with Gasteiger partial charge < -0.3 is 14.8 Å². The molecular weight excluding hydrogens is 406 g/mol. The van der Waals surface area contributed by atoms with Crippen LogP contribution in [0.4, 0.5) is 5.69 Å². The third-order valence-electron chi connectivity index (χ3n) is 5.05. The number of aromatic nitrogens is 1. The van der Waals surface area contributed by atoms with Gasteiger partial charge in [0.15, 0.2) is 5.75 Å². The van der Waals surface area contributed by atoms with Crippen molar-refractivity contribution in [3.05, 3.63) is 77.5 Å². The molecule has 2 amide bonds. The maximum Gasteiger partial charge on any atom is 0.264 e. The molecule has 7 heteroatoms. The lowest BCUT2D eigenvalue weighted by Gasteiger charge is -2.22. The fourth-order valence-electron chi connectivity index (χ4n) is 3.40. The van der Waals surface area contributed by atoms with E-state index in [1.807, 2.05) is 43.3 Å². The number of carbonyl (C=O) groups excluding carboxylic acids is 2. The van der Waals surface area contributed by atoms with Crippen molar-refractivity contribution < 1.29 is 19.1 Å². The Bertz CT molecular complexity index is 1130. The molecule has 0 fully saturated rings. The first-order chi connectivity index (χ1) is 15.5. The summed E-state index contributed by atoms with van der Waals surface area (Å²) < 4.78 is 11.5. The molecule has 4 rings (SSSR count). The summed E-state index contributed by atoms with van der Waals surface area (Å²) in [6.07, 6.45) is 2.52. The number of hydrogen-bond donors (Lipinski definition) is 1. The van der Waals surface area contributed by atoms with Gasteiger partial charge in [-0.1, -0.05) is 25.1 Å². The molecule has 0 unspecified atom stereocenters. The van der Waals surface area contributed by atoms with Crippen LogP contribution < -0.4 is 19.7 Å². The van der Waals surface area contributed by atoms with Crippen LogP contribution in [0.15, 0.2) is 60.8 Å². The Hall–Kier alpha value is -3.87. The summed E-state index contributed by atoms with van der Waals surface area (Å²) in [6, 6.07) is 16.4. The van der Waals surface area contributed by atoms with Crippen LogP contribution >= 0.6 is 0 Å². The van der Waals surface area contributed by atoms with Crippen LogP contribution in [0.25, 0.3) is 0 Å². The number of anilines is 1. The molecule has 32 heavy (non-hydrogen) atoms. The highest BCUT2D eigenvalue weighted by atomic mass is 16.5. The van der Waals surface area contributed by atoms with E-state index in [1.54, 1.807) is 24.4 Å². The summed E-state index contributed by atoms with van der Waals surface area (Å²) in [6.45, 7) is 4.87. The number of ether oxygens (including phenoxy) is 2. The lowest BCUT2D eigenvalue weighted by atomic mass is 10.1. The average molecular weight is 431 g/mol. The summed E-state index contributed by atoms with van der Waals surface area (Å²) >= 11 is 0. The largest absolute Gasteiger partial charge is 0.494 e. The normalized spacial score (nSPS) is 12.3. The van der Waals surface area contributed by atoms with Crippen molar-refractivity contribution in [3.63, 3.8) is 0 Å². The van der Waals surface area contributed by atoms with Crippen molar-refractivity contribution in [2.45, 2.75) is 26.8 Å². The van der Waals surface area contributed by atoms with Crippen molar-refractivity contribution >= 4 is 17.5 Å². The number of nitrogens with one attached hydrogen (secondary N) is 1. The first-order valence-electron chi connectivity index (χ1n) is 10.6. The predicted molar refractivity (Wildman–Crippen MR) is 121 cm³/mol. The van der Waals surface area contributed by atoms with Crippen LogP contribution in [0, 0.1) is 6.92 Å². The summed E-state index contributed by atoms with van der Waals surface area (Å²) in [4.78, 5) is 31.7. The number of benzene rings is 2. The van der Waals surface area contributed by atoms with E-state index in [4.69, 9.17) is 9.47 Å². The van der Waals surface area contributed by atoms with E-state index in [0.717, 1.165) is 23.3 Å². The van der Waals surface area contributed by atoms with Crippen LogP contribution in [0.5, 0.6) is 17.4 Å². The zero-order valence-corrected chi connectivity index (χ0v) is 18.1. The highest BCUT2D eigenvalue weighted by Gasteiger charge is 2.30. The zero-order chi connectivity index (χ0) is 22.5. The lowest BCUT2D eigenvalue weighted by molar-refractivity contribution is -0.119. The lowest BCUT2D eigenvalue weighted by Crippen LogP contribution is -2.40. The van der Waals surface area contributed by atoms with Crippen molar-refractivity contribution in [1.29, 1.82) is 0 Å². The van der Waals surface area contributed by atoms with Gasteiger partial charge in [-0.3, -0.25) is 14.5 Å². The van der Waals surface area contributed by atoms with Gasteiger partial charge in [-0.2, -0.15) is 0 Å². The van der Waals surface area contributed by atoms with Gasteiger partial charge >= 0.3 is 0 Å². The van der Waals surface area contributed by atoms with E-state index >= 15 is 0 Å². The van der Waals surface area contributed by atoms with Gasteiger partial charge in [-0.25, -0.2) is 4.98 Å². The van der Waals surface area contributed by atoms with Crippen LogP contribution in [0.2, 0.25) is 0 Å². The topological polar surface area (TPSA) is 80.8 Å². The number of carbonyl (C=O) groups is 2. The Morgan fingerprint density at radius 3 is 2.75 bits per heavy atom. The van der Waals surface area contributed by atoms with Crippen molar-refractivity contribution in [1.82, 2.24) is 10.3 Å². The average Bonchev–Trinajstić information content (AvgIpc) is 2.92. The highest BCUT2D eigenvalue weighted by Crippen LogP contribution is 2.38. The van der Waals surface area contributed by atoms with E-state index in [9.17, 15) is 9.59 Å². The van der Waals surface area contributed by atoms with Crippen molar-refractivity contribution in [2.75, 3.05) is 18.1 Å². The Balaban J connectivity index is 1.49. The number of hydrogen-bond acceptors (Lipinski definition) is 5. The van der Waals surface area contributed by atoms with Gasteiger partial charge in [-0.05, 0) is 60.9 Å². The molecule has 1 aliphatic heterocycles. The molecule has 0 spiro atoms. The SMILES string of the molecule is CCCOc1ccc(CNC(=O)CN2C(=O)c3cccnc3Oc3ccc(C)cc32)cc1. The van der Waals surface area contributed by atoms with Gasteiger partial charge in [0.2, 0.25) is 11.8 Å². The Morgan fingerprint density at radius 1 is 1.16 bits per heavy atom. The molecule has 164 valence electrons. The second kappa shape index (κ2) is 9.51. The third kappa shape index (κ3) is 4.72. The van der Waals surface area contributed by atoms with E-state index in [-0.39, 0.29) is 24.2 Å². The summed E-state index contributed by atoms with van der Waals surface area (Å²) in [5.74, 6) is 0.915. The molecule has 2 heterocycles. The van der Waals surface area contributed by atoms with E-state index in [1.165, 1.54) is 4.90 Å². The molecule has 2 aromatic carbocycles. The van der Waals surface area contributed by atoms with E-state index < -0.39 is 0 Å². The van der Waals surface area contributed by atoms with Gasteiger partial charge in [0, 0.05) is 12.7 Å². The standard InChI is InChI=1S/C25H25N3O4/c1-3-13-31-19-9-7-18(8-10-19)15-27-23(29)16-28-21-14-17(2)6-11-22(21)32-24-20(25(28)30)5-4-12-26-24/h4-12,14H,3,13,15-16H2,1-2H3,(H,27,29).